The molecule has 0 aliphatic rings. The van der Waals surface area contributed by atoms with Crippen molar-refractivity contribution in [2.45, 2.75) is 30.9 Å². The molecule has 0 heterocycles. The van der Waals surface area contributed by atoms with Gasteiger partial charge in [0.15, 0.2) is 0 Å². The molecule has 0 fully saturated rings. The van der Waals surface area contributed by atoms with E-state index in [0.717, 1.165) is 0 Å². The molecule has 6 heteroatoms. The quantitative estimate of drug-likeness (QED) is 0.443. The molecule has 0 aromatic heterocycles. The van der Waals surface area contributed by atoms with E-state index >= 15 is 0 Å². The van der Waals surface area contributed by atoms with Crippen LogP contribution in [0.4, 0.5) is 13.2 Å². The van der Waals surface area contributed by atoms with Gasteiger partial charge in [-0.15, -0.1) is 0 Å². The van der Waals surface area contributed by atoms with Crippen LogP contribution in [0, 0.1) is 5.41 Å². The van der Waals surface area contributed by atoms with Gasteiger partial charge in [-0.3, -0.25) is 0 Å². The summed E-state index contributed by atoms with van der Waals surface area (Å²) in [5, 5.41) is 0. The molecule has 0 radical (unpaired) electrons. The van der Waals surface area contributed by atoms with E-state index in [-0.39, 0.29) is 15.9 Å². The molecule has 0 rings (SSSR count). The van der Waals surface area contributed by atoms with Crippen molar-refractivity contribution < 1.29 is 22.7 Å². The van der Waals surface area contributed by atoms with Crippen LogP contribution in [0.15, 0.2) is 0 Å². The van der Waals surface area contributed by atoms with E-state index in [1.165, 1.54) is 0 Å². The molecule has 1 unspecified atom stereocenters. The highest BCUT2D eigenvalue weighted by atomic mass is 127. The highest BCUT2D eigenvalue weighted by Gasteiger charge is 2.41. The summed E-state index contributed by atoms with van der Waals surface area (Å²) < 4.78 is 39.1. The Balaban J connectivity index is 4.03. The van der Waals surface area contributed by atoms with E-state index in [2.05, 4.69) is 4.74 Å². The molecule has 0 amide bonds. The van der Waals surface area contributed by atoms with Crippen LogP contribution < -0.4 is 0 Å². The molecule has 0 aliphatic heterocycles. The van der Waals surface area contributed by atoms with Crippen LogP contribution in [-0.2, 0) is 9.53 Å². The van der Waals surface area contributed by atoms with Gasteiger partial charge in [0.1, 0.15) is 6.61 Å². The number of halogens is 4. The fraction of sp³-hybridized carbons (Fsp3) is 0.875. The van der Waals surface area contributed by atoms with Gasteiger partial charge in [0.05, 0.1) is 3.92 Å². The molecule has 0 aromatic carbocycles. The summed E-state index contributed by atoms with van der Waals surface area (Å²) >= 11 is 1.97. The minimum atomic E-state index is -4.89. The summed E-state index contributed by atoms with van der Waals surface area (Å²) in [6.07, 6.45) is -4.89. The van der Waals surface area contributed by atoms with Crippen LogP contribution >= 0.6 is 22.6 Å². The van der Waals surface area contributed by atoms with Gasteiger partial charge in [0.2, 0.25) is 0 Å². The van der Waals surface area contributed by atoms with Gasteiger partial charge < -0.3 is 4.74 Å². The number of hydrogen-bond donors (Lipinski definition) is 0. The lowest BCUT2D eigenvalue weighted by molar-refractivity contribution is -0.199. The second-order valence-electron chi connectivity index (χ2n) is 3.93. The van der Waals surface area contributed by atoms with Crippen molar-refractivity contribution in [3.05, 3.63) is 0 Å². The Kier molecular flexibility index (Phi) is 4.67. The lowest BCUT2D eigenvalue weighted by atomic mass is 9.93. The predicted octanol–water partition coefficient (Wildman–Crippen LogP) is 2.94. The normalized spacial score (nSPS) is 15.1. The zero-order valence-corrected chi connectivity index (χ0v) is 10.3. The molecule has 0 aliphatic carbocycles. The summed E-state index contributed by atoms with van der Waals surface area (Å²) in [7, 11) is 0. The topological polar surface area (TPSA) is 26.3 Å². The van der Waals surface area contributed by atoms with Crippen molar-refractivity contribution in [1.29, 1.82) is 0 Å². The Morgan fingerprint density at radius 2 is 1.79 bits per heavy atom. The zero-order chi connectivity index (χ0) is 11.6. The Bertz CT molecular complexity index is 208. The molecular formula is C8H12F3IO2. The molecule has 0 saturated carbocycles. The number of hydrogen-bond acceptors (Lipinski definition) is 2. The van der Waals surface area contributed by atoms with Gasteiger partial charge in [-0.2, -0.15) is 13.2 Å². The van der Waals surface area contributed by atoms with Crippen LogP contribution in [0.3, 0.4) is 0 Å². The van der Waals surface area contributed by atoms with Gasteiger partial charge in [0.25, 0.3) is 0 Å². The van der Waals surface area contributed by atoms with Gasteiger partial charge >= 0.3 is 12.1 Å². The van der Waals surface area contributed by atoms with E-state index in [1.54, 1.807) is 0 Å². The molecule has 84 valence electrons. The Labute approximate surface area is 94.3 Å². The third-order valence-electron chi connectivity index (χ3n) is 1.53. The average Bonchev–Trinajstić information content (AvgIpc) is 1.95. The summed E-state index contributed by atoms with van der Waals surface area (Å²) in [5.41, 5.74) is -0.188. The second-order valence-corrected chi connectivity index (χ2v) is 5.43. The molecule has 14 heavy (non-hydrogen) atoms. The van der Waals surface area contributed by atoms with E-state index < -0.39 is 12.1 Å². The molecule has 0 N–H and O–H groups in total. The molecule has 0 saturated heterocycles. The average molecular weight is 324 g/mol. The standard InChI is InChI=1S/C8H12F3IO2/c1-7(2,3)5(12)4-14-6(13)8(9,10)11/h5H,4H2,1-3H3. The van der Waals surface area contributed by atoms with Crippen LogP contribution in [0.25, 0.3) is 0 Å². The van der Waals surface area contributed by atoms with Crippen molar-refractivity contribution in [3.63, 3.8) is 0 Å². The molecule has 0 bridgehead atoms. The Morgan fingerprint density at radius 3 is 2.07 bits per heavy atom. The van der Waals surface area contributed by atoms with Crippen LogP contribution in [-0.4, -0.2) is 22.7 Å². The highest BCUT2D eigenvalue weighted by molar-refractivity contribution is 14.1. The first-order valence-corrected chi connectivity index (χ1v) is 5.17. The summed E-state index contributed by atoms with van der Waals surface area (Å²) in [6.45, 7) is 5.38. The maximum Gasteiger partial charge on any atom is 0.490 e. The van der Waals surface area contributed by atoms with Crippen molar-refractivity contribution in [3.8, 4) is 0 Å². The largest absolute Gasteiger partial charge is 0.490 e. The second kappa shape index (κ2) is 4.67. The Hall–Kier alpha value is -0.0100. The maximum absolute atomic E-state index is 11.7. The SMILES string of the molecule is CC(C)(C)C(I)COC(=O)C(F)(F)F. The van der Waals surface area contributed by atoms with E-state index in [9.17, 15) is 18.0 Å². The number of ether oxygens (including phenoxy) is 1. The third-order valence-corrected chi connectivity index (χ3v) is 3.76. The van der Waals surface area contributed by atoms with Crippen molar-refractivity contribution in [1.82, 2.24) is 0 Å². The summed E-state index contributed by atoms with van der Waals surface area (Å²) in [6, 6.07) is 0. The minimum Gasteiger partial charge on any atom is -0.458 e. The van der Waals surface area contributed by atoms with E-state index in [0.29, 0.717) is 0 Å². The van der Waals surface area contributed by atoms with E-state index in [1.807, 2.05) is 43.4 Å². The molecule has 1 atom stereocenters. The Morgan fingerprint density at radius 1 is 1.36 bits per heavy atom. The lowest BCUT2D eigenvalue weighted by Crippen LogP contribution is -2.31. The van der Waals surface area contributed by atoms with Gasteiger partial charge in [-0.05, 0) is 5.41 Å². The smallest absolute Gasteiger partial charge is 0.458 e. The maximum atomic E-state index is 11.7. The number of esters is 1. The number of carbonyl (C=O) groups is 1. The molecular weight excluding hydrogens is 312 g/mol. The van der Waals surface area contributed by atoms with Crippen LogP contribution in [0.1, 0.15) is 20.8 Å². The molecule has 2 nitrogen and oxygen atoms in total. The zero-order valence-electron chi connectivity index (χ0n) is 8.11. The fourth-order valence-corrected chi connectivity index (χ4v) is 0.660. The van der Waals surface area contributed by atoms with Crippen LogP contribution in [0.5, 0.6) is 0 Å². The third kappa shape index (κ3) is 5.02. The van der Waals surface area contributed by atoms with Crippen LogP contribution in [0.2, 0.25) is 0 Å². The number of carbonyl (C=O) groups excluding carboxylic acids is 1. The first-order chi connectivity index (χ1) is 6.05. The lowest BCUT2D eigenvalue weighted by Gasteiger charge is -2.25. The predicted molar refractivity (Wildman–Crippen MR) is 54.3 cm³/mol. The summed E-state index contributed by atoms with van der Waals surface area (Å²) in [5.74, 6) is -2.12. The molecule has 0 aromatic rings. The van der Waals surface area contributed by atoms with Gasteiger partial charge in [0, 0.05) is 0 Å². The van der Waals surface area contributed by atoms with Gasteiger partial charge in [-0.25, -0.2) is 4.79 Å². The highest BCUT2D eigenvalue weighted by Crippen LogP contribution is 2.27. The first-order valence-electron chi connectivity index (χ1n) is 3.93. The number of rotatable bonds is 2. The van der Waals surface area contributed by atoms with Crippen molar-refractivity contribution in [2.24, 2.45) is 5.41 Å². The first kappa shape index (κ1) is 14.0. The monoisotopic (exact) mass is 324 g/mol. The van der Waals surface area contributed by atoms with E-state index in [4.69, 9.17) is 0 Å². The minimum absolute atomic E-state index is 0.147. The van der Waals surface area contributed by atoms with Crippen molar-refractivity contribution >= 4 is 28.6 Å². The number of alkyl halides is 4. The summed E-state index contributed by atoms with van der Waals surface area (Å²) in [4.78, 5) is 10.3. The fourth-order valence-electron chi connectivity index (χ4n) is 0.481. The van der Waals surface area contributed by atoms with Gasteiger partial charge in [-0.1, -0.05) is 43.4 Å². The molecule has 0 spiro atoms. The van der Waals surface area contributed by atoms with Crippen molar-refractivity contribution in [2.75, 3.05) is 6.61 Å².